The van der Waals surface area contributed by atoms with Crippen LogP contribution in [0.5, 0.6) is 0 Å². The first-order valence-electron chi connectivity index (χ1n) is 6.74. The molecule has 0 aliphatic rings. The number of rotatable bonds is 5. The Balaban J connectivity index is 2.01. The minimum atomic E-state index is -0.315. The normalized spacial score (nSPS) is 10.2. The smallest absolute Gasteiger partial charge is 0.243 e. The predicted molar refractivity (Wildman–Crippen MR) is 83.8 cm³/mol. The highest BCUT2D eigenvalue weighted by Gasteiger charge is 2.10. The summed E-state index contributed by atoms with van der Waals surface area (Å²) in [5.74, 6) is -0.476. The van der Waals surface area contributed by atoms with E-state index < -0.39 is 0 Å². The highest BCUT2D eigenvalue weighted by molar-refractivity contribution is 5.94. The minimum absolute atomic E-state index is 0.157. The Bertz CT molecular complexity index is 613. The predicted octanol–water partition coefficient (Wildman–Crippen LogP) is 2.87. The monoisotopic (exact) mass is 287 g/mol. The van der Waals surface area contributed by atoms with E-state index in [0.717, 1.165) is 0 Å². The largest absolute Gasteiger partial charge is 0.399 e. The van der Waals surface area contributed by atoms with E-state index in [4.69, 9.17) is 5.73 Å². The number of nitrogen functional groups attached to an aromatic ring is 1. The summed E-state index contributed by atoms with van der Waals surface area (Å²) in [7, 11) is 0. The molecule has 0 unspecified atom stereocenters. The topological polar surface area (TPSA) is 58.4 Å². The molecule has 0 saturated heterocycles. The molecule has 0 atom stereocenters. The van der Waals surface area contributed by atoms with Crippen LogP contribution in [-0.2, 0) is 4.79 Å². The highest BCUT2D eigenvalue weighted by atomic mass is 19.1. The van der Waals surface area contributed by atoms with Crippen LogP contribution >= 0.6 is 0 Å². The fourth-order valence-electron chi connectivity index (χ4n) is 2.00. The van der Waals surface area contributed by atoms with Gasteiger partial charge in [-0.2, -0.15) is 0 Å². The molecule has 0 saturated carbocycles. The Morgan fingerprint density at radius 3 is 2.57 bits per heavy atom. The van der Waals surface area contributed by atoms with Crippen molar-refractivity contribution in [2.24, 2.45) is 0 Å². The van der Waals surface area contributed by atoms with Gasteiger partial charge in [-0.1, -0.05) is 6.07 Å². The second-order valence-corrected chi connectivity index (χ2v) is 4.66. The Morgan fingerprint density at radius 2 is 1.95 bits per heavy atom. The maximum Gasteiger partial charge on any atom is 0.243 e. The fraction of sp³-hybridized carbons (Fsp3) is 0.188. The highest BCUT2D eigenvalue weighted by Crippen LogP contribution is 2.16. The van der Waals surface area contributed by atoms with Gasteiger partial charge in [-0.15, -0.1) is 0 Å². The second-order valence-electron chi connectivity index (χ2n) is 4.66. The zero-order valence-corrected chi connectivity index (χ0v) is 11.8. The number of nitrogens with one attached hydrogen (secondary N) is 1. The van der Waals surface area contributed by atoms with E-state index in [9.17, 15) is 9.18 Å². The van der Waals surface area contributed by atoms with Crippen LogP contribution in [0.4, 0.5) is 21.5 Å². The van der Waals surface area contributed by atoms with E-state index in [0.29, 0.717) is 23.6 Å². The van der Waals surface area contributed by atoms with Gasteiger partial charge in [-0.3, -0.25) is 4.79 Å². The van der Waals surface area contributed by atoms with Crippen LogP contribution in [0.25, 0.3) is 0 Å². The Kier molecular flexibility index (Phi) is 4.77. The molecule has 3 N–H and O–H groups in total. The third-order valence-corrected chi connectivity index (χ3v) is 3.08. The molecule has 0 aromatic heterocycles. The summed E-state index contributed by atoms with van der Waals surface area (Å²) in [6.45, 7) is 2.68. The van der Waals surface area contributed by atoms with E-state index in [1.807, 2.05) is 6.92 Å². The number of amides is 1. The summed E-state index contributed by atoms with van der Waals surface area (Å²) in [5, 5.41) is 2.79. The third kappa shape index (κ3) is 4.21. The summed E-state index contributed by atoms with van der Waals surface area (Å²) in [5.41, 5.74) is 7.60. The third-order valence-electron chi connectivity index (χ3n) is 3.08. The lowest BCUT2D eigenvalue weighted by Gasteiger charge is -2.22. The van der Waals surface area contributed by atoms with Crippen molar-refractivity contribution in [1.29, 1.82) is 0 Å². The Labute approximate surface area is 123 Å². The number of benzene rings is 2. The summed E-state index contributed by atoms with van der Waals surface area (Å²) >= 11 is 0. The summed E-state index contributed by atoms with van der Waals surface area (Å²) in [6, 6.07) is 13.1. The van der Waals surface area contributed by atoms with Gasteiger partial charge >= 0.3 is 0 Å². The molecule has 1 amide bonds. The standard InChI is InChI=1S/C16H18FN3O/c1-2-20(15-5-3-4-12(17)10-15)11-16(21)19-14-8-6-13(18)7-9-14/h3-10H,2,11,18H2,1H3,(H,19,21). The molecule has 0 fully saturated rings. The molecule has 2 aromatic carbocycles. The van der Waals surface area contributed by atoms with Gasteiger partial charge in [0.15, 0.2) is 0 Å². The first-order valence-corrected chi connectivity index (χ1v) is 6.74. The van der Waals surface area contributed by atoms with Crippen molar-refractivity contribution in [3.8, 4) is 0 Å². The number of halogens is 1. The van der Waals surface area contributed by atoms with Crippen molar-refractivity contribution in [3.05, 3.63) is 54.3 Å². The van der Waals surface area contributed by atoms with E-state index in [2.05, 4.69) is 5.32 Å². The quantitative estimate of drug-likeness (QED) is 0.831. The number of nitrogens with two attached hydrogens (primary N) is 1. The van der Waals surface area contributed by atoms with Crippen molar-refractivity contribution >= 4 is 23.0 Å². The van der Waals surface area contributed by atoms with Crippen molar-refractivity contribution in [1.82, 2.24) is 0 Å². The van der Waals surface area contributed by atoms with Gasteiger partial charge in [-0.25, -0.2) is 4.39 Å². The second kappa shape index (κ2) is 6.74. The van der Waals surface area contributed by atoms with Crippen LogP contribution in [-0.4, -0.2) is 19.0 Å². The first kappa shape index (κ1) is 14.8. The van der Waals surface area contributed by atoms with E-state index in [-0.39, 0.29) is 18.3 Å². The number of carbonyl (C=O) groups excluding carboxylic acids is 1. The molecule has 0 heterocycles. The van der Waals surface area contributed by atoms with E-state index >= 15 is 0 Å². The number of hydrogen-bond donors (Lipinski definition) is 2. The van der Waals surface area contributed by atoms with Crippen LogP contribution in [0, 0.1) is 5.82 Å². The van der Waals surface area contributed by atoms with E-state index in [1.54, 1.807) is 41.3 Å². The summed E-state index contributed by atoms with van der Waals surface area (Å²) in [6.07, 6.45) is 0. The van der Waals surface area contributed by atoms with Gasteiger partial charge < -0.3 is 16.0 Å². The number of likely N-dealkylation sites (N-methyl/N-ethyl adjacent to an activating group) is 1. The van der Waals surface area contributed by atoms with E-state index in [1.165, 1.54) is 12.1 Å². The van der Waals surface area contributed by atoms with Crippen LogP contribution in [0.3, 0.4) is 0 Å². The molecule has 0 spiro atoms. The zero-order valence-electron chi connectivity index (χ0n) is 11.8. The molecule has 0 aliphatic heterocycles. The van der Waals surface area contributed by atoms with Gasteiger partial charge in [0.2, 0.25) is 5.91 Å². The van der Waals surface area contributed by atoms with Crippen molar-refractivity contribution < 1.29 is 9.18 Å². The van der Waals surface area contributed by atoms with Crippen LogP contribution in [0.1, 0.15) is 6.92 Å². The molecule has 21 heavy (non-hydrogen) atoms. The lowest BCUT2D eigenvalue weighted by Crippen LogP contribution is -2.33. The Morgan fingerprint density at radius 1 is 1.24 bits per heavy atom. The number of anilines is 3. The van der Waals surface area contributed by atoms with Crippen LogP contribution in [0.15, 0.2) is 48.5 Å². The molecule has 4 nitrogen and oxygen atoms in total. The number of hydrogen-bond acceptors (Lipinski definition) is 3. The SMILES string of the molecule is CCN(CC(=O)Nc1ccc(N)cc1)c1cccc(F)c1. The average molecular weight is 287 g/mol. The van der Waals surface area contributed by atoms with Crippen molar-refractivity contribution in [2.45, 2.75) is 6.92 Å². The van der Waals surface area contributed by atoms with Gasteiger partial charge in [0.1, 0.15) is 5.82 Å². The molecule has 2 rings (SSSR count). The van der Waals surface area contributed by atoms with Crippen molar-refractivity contribution in [2.75, 3.05) is 29.0 Å². The molecule has 0 aliphatic carbocycles. The molecular weight excluding hydrogens is 269 g/mol. The Hall–Kier alpha value is -2.56. The summed E-state index contributed by atoms with van der Waals surface area (Å²) in [4.78, 5) is 13.8. The maximum atomic E-state index is 13.2. The fourth-order valence-corrected chi connectivity index (χ4v) is 2.00. The van der Waals surface area contributed by atoms with Gasteiger partial charge in [0, 0.05) is 23.6 Å². The van der Waals surface area contributed by atoms with Gasteiger partial charge in [-0.05, 0) is 49.4 Å². The molecule has 110 valence electrons. The lowest BCUT2D eigenvalue weighted by atomic mass is 10.2. The molecule has 5 heteroatoms. The zero-order chi connectivity index (χ0) is 15.2. The molecule has 2 aromatic rings. The number of carbonyl (C=O) groups is 1. The van der Waals surface area contributed by atoms with Crippen molar-refractivity contribution in [3.63, 3.8) is 0 Å². The lowest BCUT2D eigenvalue weighted by molar-refractivity contribution is -0.115. The molecule has 0 radical (unpaired) electrons. The van der Waals surface area contributed by atoms with Crippen LogP contribution in [0.2, 0.25) is 0 Å². The minimum Gasteiger partial charge on any atom is -0.399 e. The van der Waals surface area contributed by atoms with Gasteiger partial charge in [0.05, 0.1) is 6.54 Å². The average Bonchev–Trinajstić information content (AvgIpc) is 2.47. The van der Waals surface area contributed by atoms with Gasteiger partial charge in [0.25, 0.3) is 0 Å². The first-order chi connectivity index (χ1) is 10.1. The maximum absolute atomic E-state index is 13.2. The molecule has 0 bridgehead atoms. The van der Waals surface area contributed by atoms with Crippen LogP contribution < -0.4 is 16.0 Å². The summed E-state index contributed by atoms with van der Waals surface area (Å²) < 4.78 is 13.2. The molecular formula is C16H18FN3O. The number of nitrogens with zero attached hydrogens (tertiary/aromatic N) is 1.